The first kappa shape index (κ1) is 21.5. The Labute approximate surface area is 209 Å². The Morgan fingerprint density at radius 3 is 2.63 bits per heavy atom. The van der Waals surface area contributed by atoms with Crippen molar-refractivity contribution in [2.24, 2.45) is 0 Å². The molecule has 3 heterocycles. The minimum atomic E-state index is 0.488. The lowest BCUT2D eigenvalue weighted by atomic mass is 10.1. The average molecular weight is 496 g/mol. The molecule has 170 valence electrons. The Balaban J connectivity index is 1.11. The number of aromatic amines is 1. The van der Waals surface area contributed by atoms with Crippen LogP contribution in [0.1, 0.15) is 16.8 Å². The molecule has 1 N–H and O–H groups in total. The number of halogens is 1. The highest BCUT2D eigenvalue weighted by atomic mass is 35.5. The second kappa shape index (κ2) is 9.29. The highest BCUT2D eigenvalue weighted by Gasteiger charge is 2.09. The SMILES string of the molecule is Clc1ccc2ccc(C=Cc3ccc(OCc4ccc5sc(-c6nn[nH]n6)cc5c4)cc3)nc2c1. The Kier molecular flexibility index (Phi) is 5.70. The van der Waals surface area contributed by atoms with Gasteiger partial charge in [0.2, 0.25) is 5.82 Å². The van der Waals surface area contributed by atoms with E-state index in [1.807, 2.05) is 60.7 Å². The Bertz CT molecular complexity index is 1660. The van der Waals surface area contributed by atoms with E-state index in [4.69, 9.17) is 16.3 Å². The summed E-state index contributed by atoms with van der Waals surface area (Å²) in [7, 11) is 0. The van der Waals surface area contributed by atoms with Crippen LogP contribution in [0.2, 0.25) is 5.02 Å². The molecule has 35 heavy (non-hydrogen) atoms. The van der Waals surface area contributed by atoms with Crippen molar-refractivity contribution in [1.29, 1.82) is 0 Å². The lowest BCUT2D eigenvalue weighted by Gasteiger charge is -2.07. The van der Waals surface area contributed by atoms with Gasteiger partial charge in [0.05, 0.1) is 16.1 Å². The number of ether oxygens (including phenoxy) is 1. The number of aromatic nitrogens is 5. The van der Waals surface area contributed by atoms with Crippen LogP contribution in [0, 0.1) is 0 Å². The minimum Gasteiger partial charge on any atom is -0.489 e. The third-order valence-electron chi connectivity index (χ3n) is 5.55. The van der Waals surface area contributed by atoms with E-state index in [0.29, 0.717) is 17.5 Å². The van der Waals surface area contributed by atoms with E-state index in [0.717, 1.165) is 43.7 Å². The predicted molar refractivity (Wildman–Crippen MR) is 141 cm³/mol. The smallest absolute Gasteiger partial charge is 0.214 e. The first-order valence-corrected chi connectivity index (χ1v) is 12.1. The molecule has 0 amide bonds. The molecule has 3 aromatic carbocycles. The molecule has 0 saturated carbocycles. The molecule has 0 atom stereocenters. The maximum Gasteiger partial charge on any atom is 0.214 e. The van der Waals surface area contributed by atoms with Crippen LogP contribution < -0.4 is 4.74 Å². The number of nitrogens with zero attached hydrogens (tertiary/aromatic N) is 4. The third kappa shape index (κ3) is 4.77. The van der Waals surface area contributed by atoms with Gasteiger partial charge in [-0.15, -0.1) is 21.5 Å². The van der Waals surface area contributed by atoms with Crippen molar-refractivity contribution in [3.63, 3.8) is 0 Å². The molecule has 6 rings (SSSR count). The normalized spacial score (nSPS) is 11.6. The zero-order valence-electron chi connectivity index (χ0n) is 18.4. The van der Waals surface area contributed by atoms with Crippen LogP contribution in [0.15, 0.2) is 78.9 Å². The van der Waals surface area contributed by atoms with Gasteiger partial charge in [-0.1, -0.05) is 48.0 Å². The summed E-state index contributed by atoms with van der Waals surface area (Å²) in [4.78, 5) is 5.65. The molecule has 6 nitrogen and oxygen atoms in total. The molecule has 0 fully saturated rings. The minimum absolute atomic E-state index is 0.488. The molecule has 0 bridgehead atoms. The summed E-state index contributed by atoms with van der Waals surface area (Å²) in [5.41, 5.74) is 3.93. The highest BCUT2D eigenvalue weighted by Crippen LogP contribution is 2.32. The first-order valence-electron chi connectivity index (χ1n) is 10.9. The van der Waals surface area contributed by atoms with Crippen LogP contribution in [0.5, 0.6) is 5.75 Å². The molecular weight excluding hydrogens is 478 g/mol. The van der Waals surface area contributed by atoms with E-state index in [1.54, 1.807) is 11.3 Å². The van der Waals surface area contributed by atoms with Crippen molar-refractivity contribution in [3.8, 4) is 16.5 Å². The lowest BCUT2D eigenvalue weighted by molar-refractivity contribution is 0.306. The van der Waals surface area contributed by atoms with Crippen LogP contribution in [0.4, 0.5) is 0 Å². The summed E-state index contributed by atoms with van der Waals surface area (Å²) < 4.78 is 7.19. The topological polar surface area (TPSA) is 76.6 Å². The Hall–Kier alpha value is -4.07. The van der Waals surface area contributed by atoms with Crippen LogP contribution in [-0.2, 0) is 6.61 Å². The maximum atomic E-state index is 6.09. The number of hydrogen-bond acceptors (Lipinski definition) is 6. The van der Waals surface area contributed by atoms with Crippen molar-refractivity contribution in [1.82, 2.24) is 25.6 Å². The summed E-state index contributed by atoms with van der Waals surface area (Å²) in [6.45, 7) is 0.488. The molecule has 0 spiro atoms. The maximum absolute atomic E-state index is 6.09. The van der Waals surface area contributed by atoms with Gasteiger partial charge in [-0.25, -0.2) is 4.98 Å². The van der Waals surface area contributed by atoms with Crippen LogP contribution in [0.25, 0.3) is 43.8 Å². The molecular formula is C27H18ClN5OS. The van der Waals surface area contributed by atoms with Crippen LogP contribution >= 0.6 is 22.9 Å². The van der Waals surface area contributed by atoms with Crippen LogP contribution in [0.3, 0.4) is 0 Å². The van der Waals surface area contributed by atoms with E-state index in [-0.39, 0.29) is 0 Å². The quantitative estimate of drug-likeness (QED) is 0.268. The standard InChI is InChI=1S/C27H18ClN5OS/c28-21-7-5-19-6-9-22(29-24(19)15-21)8-1-17-2-10-23(11-3-17)34-16-18-4-12-25-20(13-18)14-26(35-25)27-30-32-33-31-27/h1-15H,16H2,(H,30,31,32,33). The molecule has 0 aliphatic carbocycles. The van der Waals surface area contributed by atoms with E-state index >= 15 is 0 Å². The molecule has 3 aromatic heterocycles. The largest absolute Gasteiger partial charge is 0.489 e. The molecule has 0 aliphatic heterocycles. The van der Waals surface area contributed by atoms with Crippen molar-refractivity contribution in [3.05, 3.63) is 101 Å². The third-order valence-corrected chi connectivity index (χ3v) is 6.90. The van der Waals surface area contributed by atoms with E-state index in [9.17, 15) is 0 Å². The van der Waals surface area contributed by atoms with Gasteiger partial charge >= 0.3 is 0 Å². The fourth-order valence-electron chi connectivity index (χ4n) is 3.78. The second-order valence-corrected chi connectivity index (χ2v) is 9.50. The summed E-state index contributed by atoms with van der Waals surface area (Å²) in [6, 6.07) is 26.2. The summed E-state index contributed by atoms with van der Waals surface area (Å²) in [5, 5.41) is 17.1. The molecule has 0 radical (unpaired) electrons. The lowest BCUT2D eigenvalue weighted by Crippen LogP contribution is -1.94. The molecule has 6 aromatic rings. The number of pyridine rings is 1. The molecule has 8 heteroatoms. The van der Waals surface area contributed by atoms with Gasteiger partial charge < -0.3 is 4.74 Å². The number of nitrogens with one attached hydrogen (secondary N) is 1. The molecule has 0 saturated heterocycles. The number of thiophene rings is 1. The average Bonchev–Trinajstić information content (AvgIpc) is 3.56. The highest BCUT2D eigenvalue weighted by molar-refractivity contribution is 7.22. The predicted octanol–water partition coefficient (Wildman–Crippen LogP) is 7.03. The summed E-state index contributed by atoms with van der Waals surface area (Å²) in [6.07, 6.45) is 4.03. The van der Waals surface area contributed by atoms with Gasteiger partial charge in [0.15, 0.2) is 0 Å². The Morgan fingerprint density at radius 1 is 0.886 bits per heavy atom. The van der Waals surface area contributed by atoms with Crippen molar-refractivity contribution >= 4 is 56.1 Å². The van der Waals surface area contributed by atoms with Gasteiger partial charge in [-0.05, 0) is 76.3 Å². The fourth-order valence-corrected chi connectivity index (χ4v) is 4.92. The second-order valence-electron chi connectivity index (χ2n) is 7.98. The van der Waals surface area contributed by atoms with Gasteiger partial charge in [0.25, 0.3) is 0 Å². The number of benzene rings is 3. The number of tetrazole rings is 1. The number of rotatable bonds is 6. The summed E-state index contributed by atoms with van der Waals surface area (Å²) >= 11 is 7.73. The van der Waals surface area contributed by atoms with Gasteiger partial charge in [-0.2, -0.15) is 5.21 Å². The van der Waals surface area contributed by atoms with Crippen molar-refractivity contribution in [2.45, 2.75) is 6.61 Å². The van der Waals surface area contributed by atoms with Crippen LogP contribution in [-0.4, -0.2) is 25.6 Å². The van der Waals surface area contributed by atoms with Gasteiger partial charge in [0, 0.05) is 15.1 Å². The van der Waals surface area contributed by atoms with E-state index < -0.39 is 0 Å². The van der Waals surface area contributed by atoms with Crippen molar-refractivity contribution in [2.75, 3.05) is 0 Å². The Morgan fingerprint density at radius 2 is 1.77 bits per heavy atom. The summed E-state index contributed by atoms with van der Waals surface area (Å²) in [5.74, 6) is 1.43. The molecule has 0 unspecified atom stereocenters. The number of H-pyrrole nitrogens is 1. The van der Waals surface area contributed by atoms with Gasteiger partial charge in [0.1, 0.15) is 12.4 Å². The monoisotopic (exact) mass is 495 g/mol. The zero-order chi connectivity index (χ0) is 23.6. The van der Waals surface area contributed by atoms with Gasteiger partial charge in [-0.3, -0.25) is 0 Å². The first-order chi connectivity index (χ1) is 17.2. The number of hydrogen-bond donors (Lipinski definition) is 1. The number of fused-ring (bicyclic) bond motifs is 2. The fraction of sp³-hybridized carbons (Fsp3) is 0.0370. The van der Waals surface area contributed by atoms with E-state index in [2.05, 4.69) is 55.9 Å². The molecule has 0 aliphatic rings. The van der Waals surface area contributed by atoms with E-state index in [1.165, 1.54) is 4.70 Å². The van der Waals surface area contributed by atoms with Crippen molar-refractivity contribution < 1.29 is 4.74 Å². The zero-order valence-corrected chi connectivity index (χ0v) is 19.9.